The number of thiophene rings is 1. The number of amides is 2. The van der Waals surface area contributed by atoms with Gasteiger partial charge in [-0.25, -0.2) is 0 Å². The summed E-state index contributed by atoms with van der Waals surface area (Å²) in [6.07, 6.45) is 0. The Morgan fingerprint density at radius 3 is 2.42 bits per heavy atom. The maximum Gasteiger partial charge on any atom is 0.280 e. The van der Waals surface area contributed by atoms with Crippen LogP contribution in [0.15, 0.2) is 35.7 Å². The number of hydrazine groups is 1. The van der Waals surface area contributed by atoms with Crippen LogP contribution in [0.5, 0.6) is 0 Å². The zero-order chi connectivity index (χ0) is 13.8. The molecule has 2 amide bonds. The highest BCUT2D eigenvalue weighted by molar-refractivity contribution is 7.12. The smallest absolute Gasteiger partial charge is 0.267 e. The average Bonchev–Trinajstić information content (AvgIpc) is 2.82. The van der Waals surface area contributed by atoms with Crippen molar-refractivity contribution in [2.75, 3.05) is 0 Å². The van der Waals surface area contributed by atoms with Gasteiger partial charge in [0.15, 0.2) is 0 Å². The van der Waals surface area contributed by atoms with Crippen LogP contribution >= 0.6 is 22.9 Å². The minimum Gasteiger partial charge on any atom is -0.267 e. The lowest BCUT2D eigenvalue weighted by Gasteiger charge is -2.07. The quantitative estimate of drug-likeness (QED) is 0.837. The number of hydrogen-bond donors (Lipinski definition) is 2. The molecule has 0 aliphatic rings. The fourth-order valence-electron chi connectivity index (χ4n) is 1.49. The third kappa shape index (κ3) is 3.13. The highest BCUT2D eigenvalue weighted by Crippen LogP contribution is 2.15. The number of hydrogen-bond acceptors (Lipinski definition) is 3. The van der Waals surface area contributed by atoms with E-state index in [1.807, 2.05) is 18.4 Å². The van der Waals surface area contributed by atoms with Crippen molar-refractivity contribution in [3.8, 4) is 0 Å². The van der Waals surface area contributed by atoms with Crippen molar-refractivity contribution in [2.24, 2.45) is 0 Å². The molecule has 0 saturated heterocycles. The molecule has 2 rings (SSSR count). The summed E-state index contributed by atoms with van der Waals surface area (Å²) in [5.74, 6) is -0.791. The minimum absolute atomic E-state index is 0.312. The maximum absolute atomic E-state index is 11.8. The molecule has 2 N–H and O–H groups in total. The highest BCUT2D eigenvalue weighted by atomic mass is 35.5. The molecule has 98 valence electrons. The molecular formula is C13H11ClN2O2S. The van der Waals surface area contributed by atoms with Gasteiger partial charge < -0.3 is 0 Å². The summed E-state index contributed by atoms with van der Waals surface area (Å²) in [6, 6.07) is 8.47. The molecule has 2 aromatic rings. The number of halogens is 1. The van der Waals surface area contributed by atoms with Crippen molar-refractivity contribution in [1.29, 1.82) is 0 Å². The van der Waals surface area contributed by atoms with Crippen molar-refractivity contribution in [3.63, 3.8) is 0 Å². The number of nitrogens with one attached hydrogen (secondary N) is 2. The first-order valence-electron chi connectivity index (χ1n) is 5.49. The van der Waals surface area contributed by atoms with Gasteiger partial charge in [0, 0.05) is 0 Å². The number of carbonyl (C=O) groups is 2. The topological polar surface area (TPSA) is 58.2 Å². The Morgan fingerprint density at radius 2 is 1.79 bits per heavy atom. The van der Waals surface area contributed by atoms with Gasteiger partial charge in [-0.15, -0.1) is 11.3 Å². The second kappa shape index (κ2) is 5.86. The molecule has 0 unspecified atom stereocenters. The van der Waals surface area contributed by atoms with E-state index in [0.717, 1.165) is 5.56 Å². The second-order valence-corrected chi connectivity index (χ2v) is 5.14. The van der Waals surface area contributed by atoms with Crippen molar-refractivity contribution in [1.82, 2.24) is 10.9 Å². The molecule has 1 aromatic carbocycles. The molecule has 0 aliphatic carbocycles. The second-order valence-electron chi connectivity index (χ2n) is 3.82. The van der Waals surface area contributed by atoms with E-state index in [4.69, 9.17) is 11.6 Å². The lowest BCUT2D eigenvalue weighted by Crippen LogP contribution is -2.41. The summed E-state index contributed by atoms with van der Waals surface area (Å²) in [7, 11) is 0. The number of rotatable bonds is 2. The van der Waals surface area contributed by atoms with Gasteiger partial charge in [0.05, 0.1) is 15.5 Å². The summed E-state index contributed by atoms with van der Waals surface area (Å²) in [6.45, 7) is 1.83. The molecular weight excluding hydrogens is 284 g/mol. The standard InChI is InChI=1S/C13H11ClN2O2S/c1-8-6-7-19-11(8)13(18)16-15-12(17)9-4-2-3-5-10(9)14/h2-7H,1H3,(H,15,17)(H,16,18). The zero-order valence-electron chi connectivity index (χ0n) is 10.1. The third-order valence-corrected chi connectivity index (χ3v) is 3.82. The molecule has 1 aromatic heterocycles. The van der Waals surface area contributed by atoms with Gasteiger partial charge in [0.2, 0.25) is 0 Å². The van der Waals surface area contributed by atoms with E-state index >= 15 is 0 Å². The predicted octanol–water partition coefficient (Wildman–Crippen LogP) is 2.78. The summed E-state index contributed by atoms with van der Waals surface area (Å²) >= 11 is 7.21. The molecule has 19 heavy (non-hydrogen) atoms. The Bertz CT molecular complexity index is 625. The van der Waals surface area contributed by atoms with Crippen LogP contribution in [-0.2, 0) is 0 Å². The summed E-state index contributed by atoms with van der Waals surface area (Å²) in [5, 5.41) is 2.15. The monoisotopic (exact) mass is 294 g/mol. The Balaban J connectivity index is 2.00. The van der Waals surface area contributed by atoms with Gasteiger partial charge in [-0.3, -0.25) is 20.4 Å². The van der Waals surface area contributed by atoms with Crippen LogP contribution < -0.4 is 10.9 Å². The molecule has 0 spiro atoms. The molecule has 0 radical (unpaired) electrons. The predicted molar refractivity (Wildman–Crippen MR) is 75.4 cm³/mol. The lowest BCUT2D eigenvalue weighted by atomic mass is 10.2. The molecule has 1 heterocycles. The van der Waals surface area contributed by atoms with Crippen molar-refractivity contribution >= 4 is 34.8 Å². The van der Waals surface area contributed by atoms with E-state index in [1.165, 1.54) is 11.3 Å². The first-order valence-corrected chi connectivity index (χ1v) is 6.74. The fraction of sp³-hybridized carbons (Fsp3) is 0.0769. The van der Waals surface area contributed by atoms with Crippen molar-refractivity contribution < 1.29 is 9.59 Å². The fourth-order valence-corrected chi connectivity index (χ4v) is 2.53. The normalized spacial score (nSPS) is 10.0. The van der Waals surface area contributed by atoms with E-state index in [-0.39, 0.29) is 5.91 Å². The Hall–Kier alpha value is -1.85. The SMILES string of the molecule is Cc1ccsc1C(=O)NNC(=O)c1ccccc1Cl. The van der Waals surface area contributed by atoms with Gasteiger partial charge in [-0.05, 0) is 36.1 Å². The summed E-state index contributed by atoms with van der Waals surface area (Å²) < 4.78 is 0. The van der Waals surface area contributed by atoms with Gasteiger partial charge in [-0.1, -0.05) is 23.7 Å². The van der Waals surface area contributed by atoms with Crippen LogP contribution in [0.2, 0.25) is 5.02 Å². The zero-order valence-corrected chi connectivity index (χ0v) is 11.6. The average molecular weight is 295 g/mol. The number of aryl methyl sites for hydroxylation is 1. The number of carbonyl (C=O) groups excluding carboxylic acids is 2. The third-order valence-electron chi connectivity index (χ3n) is 2.48. The molecule has 0 aliphatic heterocycles. The van der Waals surface area contributed by atoms with Gasteiger partial charge in [-0.2, -0.15) is 0 Å². The van der Waals surface area contributed by atoms with E-state index in [1.54, 1.807) is 24.3 Å². The minimum atomic E-state index is -0.451. The first-order chi connectivity index (χ1) is 9.09. The van der Waals surface area contributed by atoms with Crippen LogP contribution in [0, 0.1) is 6.92 Å². The Kier molecular flexibility index (Phi) is 4.19. The molecule has 0 fully saturated rings. The molecule has 6 heteroatoms. The van der Waals surface area contributed by atoms with Crippen molar-refractivity contribution in [3.05, 3.63) is 56.7 Å². The van der Waals surface area contributed by atoms with Crippen LogP contribution in [0.1, 0.15) is 25.6 Å². The first kappa shape index (κ1) is 13.6. The Labute approximate surface area is 119 Å². The lowest BCUT2D eigenvalue weighted by molar-refractivity contribution is 0.0848. The molecule has 4 nitrogen and oxygen atoms in total. The molecule has 0 atom stereocenters. The van der Waals surface area contributed by atoms with E-state index in [9.17, 15) is 9.59 Å². The highest BCUT2D eigenvalue weighted by Gasteiger charge is 2.13. The molecule has 0 saturated carbocycles. The van der Waals surface area contributed by atoms with E-state index in [0.29, 0.717) is 15.5 Å². The van der Waals surface area contributed by atoms with Crippen LogP contribution in [0.25, 0.3) is 0 Å². The maximum atomic E-state index is 11.8. The Morgan fingerprint density at radius 1 is 1.11 bits per heavy atom. The van der Waals surface area contributed by atoms with E-state index < -0.39 is 5.91 Å². The summed E-state index contributed by atoms with van der Waals surface area (Å²) in [4.78, 5) is 24.2. The van der Waals surface area contributed by atoms with E-state index in [2.05, 4.69) is 10.9 Å². The van der Waals surface area contributed by atoms with Crippen LogP contribution in [0.4, 0.5) is 0 Å². The van der Waals surface area contributed by atoms with Crippen molar-refractivity contribution in [2.45, 2.75) is 6.92 Å². The van der Waals surface area contributed by atoms with Gasteiger partial charge >= 0.3 is 0 Å². The van der Waals surface area contributed by atoms with Crippen LogP contribution in [-0.4, -0.2) is 11.8 Å². The van der Waals surface area contributed by atoms with Crippen LogP contribution in [0.3, 0.4) is 0 Å². The number of benzene rings is 1. The van der Waals surface area contributed by atoms with Gasteiger partial charge in [0.1, 0.15) is 0 Å². The molecule has 0 bridgehead atoms. The largest absolute Gasteiger partial charge is 0.280 e. The van der Waals surface area contributed by atoms with Gasteiger partial charge in [0.25, 0.3) is 11.8 Å². The summed E-state index contributed by atoms with van der Waals surface area (Å²) in [5.41, 5.74) is 5.89.